The minimum Gasteiger partial charge on any atom is -0.298 e. The van der Waals surface area contributed by atoms with E-state index < -0.39 is 0 Å². The molecule has 0 saturated heterocycles. The molecule has 1 aromatic heterocycles. The molecular formula is C8H8OS2. The number of hydrogen-bond donors (Lipinski definition) is 0. The summed E-state index contributed by atoms with van der Waals surface area (Å²) >= 11 is 3.68. The van der Waals surface area contributed by atoms with Crippen molar-refractivity contribution in [3.05, 3.63) is 21.4 Å². The van der Waals surface area contributed by atoms with Crippen molar-refractivity contribution < 1.29 is 4.79 Å². The van der Waals surface area contributed by atoms with Crippen molar-refractivity contribution >= 4 is 29.4 Å². The predicted octanol–water partition coefficient (Wildman–Crippen LogP) is 2.35. The zero-order chi connectivity index (χ0) is 7.68. The van der Waals surface area contributed by atoms with Crippen molar-refractivity contribution in [3.8, 4) is 0 Å². The van der Waals surface area contributed by atoms with Gasteiger partial charge in [0, 0.05) is 21.6 Å². The van der Waals surface area contributed by atoms with Gasteiger partial charge in [-0.05, 0) is 17.7 Å². The smallest absolute Gasteiger partial charge is 0.151 e. The average Bonchev–Trinajstić information content (AvgIpc) is 2.47. The van der Waals surface area contributed by atoms with Crippen LogP contribution in [0.2, 0.25) is 0 Å². The van der Waals surface area contributed by atoms with Gasteiger partial charge in [-0.2, -0.15) is 11.8 Å². The molecule has 0 aromatic carbocycles. The summed E-state index contributed by atoms with van der Waals surface area (Å²) in [6.45, 7) is 0. The first-order valence-corrected chi connectivity index (χ1v) is 5.57. The van der Waals surface area contributed by atoms with E-state index in [1.807, 2.05) is 17.1 Å². The molecule has 11 heavy (non-hydrogen) atoms. The van der Waals surface area contributed by atoms with E-state index in [0.29, 0.717) is 0 Å². The fourth-order valence-electron chi connectivity index (χ4n) is 1.28. The molecule has 0 fully saturated rings. The van der Waals surface area contributed by atoms with Gasteiger partial charge in [-0.3, -0.25) is 4.79 Å². The number of carbonyl (C=O) groups is 1. The summed E-state index contributed by atoms with van der Waals surface area (Å²) in [7, 11) is 0. The fraction of sp³-hybridized carbons (Fsp3) is 0.375. The maximum atomic E-state index is 10.5. The van der Waals surface area contributed by atoms with Crippen molar-refractivity contribution in [2.24, 2.45) is 0 Å². The Morgan fingerprint density at radius 1 is 1.55 bits per heavy atom. The van der Waals surface area contributed by atoms with E-state index >= 15 is 0 Å². The van der Waals surface area contributed by atoms with Gasteiger partial charge in [0.25, 0.3) is 0 Å². The van der Waals surface area contributed by atoms with E-state index in [1.165, 1.54) is 16.2 Å². The van der Waals surface area contributed by atoms with Crippen molar-refractivity contribution in [2.75, 3.05) is 5.75 Å². The molecule has 0 bridgehead atoms. The minimum atomic E-state index is 0.922. The predicted molar refractivity (Wildman–Crippen MR) is 49.6 cm³/mol. The highest BCUT2D eigenvalue weighted by atomic mass is 32.2. The molecule has 1 nitrogen and oxygen atoms in total. The molecule has 1 aliphatic rings. The molecule has 0 saturated carbocycles. The van der Waals surface area contributed by atoms with Crippen LogP contribution in [0.25, 0.3) is 0 Å². The fourth-order valence-corrected chi connectivity index (χ4v) is 3.48. The first-order valence-electron chi connectivity index (χ1n) is 3.54. The van der Waals surface area contributed by atoms with Gasteiger partial charge in [-0.25, -0.2) is 0 Å². The third kappa shape index (κ3) is 1.23. The Bertz CT molecular complexity index is 278. The van der Waals surface area contributed by atoms with Gasteiger partial charge in [0.15, 0.2) is 6.29 Å². The molecule has 0 radical (unpaired) electrons. The second-order valence-electron chi connectivity index (χ2n) is 2.51. The van der Waals surface area contributed by atoms with Crippen LogP contribution in [0.5, 0.6) is 0 Å². The van der Waals surface area contributed by atoms with E-state index in [2.05, 4.69) is 0 Å². The number of carbonyl (C=O) groups excluding carboxylic acids is 1. The van der Waals surface area contributed by atoms with E-state index in [9.17, 15) is 4.79 Å². The molecular weight excluding hydrogens is 176 g/mol. The number of rotatable bonds is 1. The quantitative estimate of drug-likeness (QED) is 0.623. The van der Waals surface area contributed by atoms with Crippen LogP contribution in [0.4, 0.5) is 0 Å². The Hall–Kier alpha value is -0.280. The molecule has 3 heteroatoms. The molecule has 0 unspecified atom stereocenters. The Morgan fingerprint density at radius 3 is 3.27 bits per heavy atom. The van der Waals surface area contributed by atoms with Gasteiger partial charge in [-0.15, -0.1) is 11.3 Å². The molecule has 0 atom stereocenters. The zero-order valence-electron chi connectivity index (χ0n) is 6.00. The summed E-state index contributed by atoms with van der Waals surface area (Å²) in [6.07, 6.45) is 2.06. The number of fused-ring (bicyclic) bond motifs is 1. The maximum absolute atomic E-state index is 10.5. The first-order chi connectivity index (χ1) is 5.42. The highest BCUT2D eigenvalue weighted by molar-refractivity contribution is 7.98. The minimum absolute atomic E-state index is 0.922. The van der Waals surface area contributed by atoms with Gasteiger partial charge in [0.1, 0.15) is 0 Å². The number of thioether (sulfide) groups is 1. The van der Waals surface area contributed by atoms with Crippen LogP contribution in [0.1, 0.15) is 20.8 Å². The summed E-state index contributed by atoms with van der Waals surface area (Å²) in [5, 5.41) is 1.98. The third-order valence-electron chi connectivity index (χ3n) is 1.87. The lowest BCUT2D eigenvalue weighted by atomic mass is 10.1. The third-order valence-corrected chi connectivity index (χ3v) is 4.09. The first kappa shape index (κ1) is 7.37. The molecule has 0 amide bonds. The summed E-state index contributed by atoms with van der Waals surface area (Å²) in [5.74, 6) is 2.28. The summed E-state index contributed by atoms with van der Waals surface area (Å²) in [4.78, 5) is 11.9. The van der Waals surface area contributed by atoms with Crippen LogP contribution in [0.3, 0.4) is 0 Å². The Balaban J connectivity index is 2.45. The van der Waals surface area contributed by atoms with Gasteiger partial charge >= 0.3 is 0 Å². The molecule has 2 heterocycles. The standard InChI is InChI=1S/C8H8OS2/c9-3-6-4-11-8-5-10-2-1-7(6)8/h3-4H,1-2,5H2. The lowest BCUT2D eigenvalue weighted by molar-refractivity contribution is 0.112. The average molecular weight is 184 g/mol. The lowest BCUT2D eigenvalue weighted by Crippen LogP contribution is -2.00. The monoisotopic (exact) mass is 184 g/mol. The van der Waals surface area contributed by atoms with Gasteiger partial charge in [0.2, 0.25) is 0 Å². The maximum Gasteiger partial charge on any atom is 0.151 e. The van der Waals surface area contributed by atoms with Crippen LogP contribution in [-0.2, 0) is 12.2 Å². The SMILES string of the molecule is O=Cc1csc2c1CCSC2. The van der Waals surface area contributed by atoms with Crippen LogP contribution in [0.15, 0.2) is 5.38 Å². The van der Waals surface area contributed by atoms with Crippen molar-refractivity contribution in [1.29, 1.82) is 0 Å². The topological polar surface area (TPSA) is 17.1 Å². The Labute approximate surface area is 73.8 Å². The van der Waals surface area contributed by atoms with Crippen molar-refractivity contribution in [1.82, 2.24) is 0 Å². The Kier molecular flexibility index (Phi) is 2.00. The van der Waals surface area contributed by atoms with E-state index in [-0.39, 0.29) is 0 Å². The molecule has 1 aliphatic heterocycles. The largest absolute Gasteiger partial charge is 0.298 e. The van der Waals surface area contributed by atoms with Crippen molar-refractivity contribution in [3.63, 3.8) is 0 Å². The number of thiophene rings is 1. The Morgan fingerprint density at radius 2 is 2.45 bits per heavy atom. The van der Waals surface area contributed by atoms with Crippen LogP contribution in [-0.4, -0.2) is 12.0 Å². The van der Waals surface area contributed by atoms with E-state index in [0.717, 1.165) is 24.0 Å². The molecule has 2 rings (SSSR count). The second kappa shape index (κ2) is 2.99. The van der Waals surface area contributed by atoms with Crippen molar-refractivity contribution in [2.45, 2.75) is 12.2 Å². The van der Waals surface area contributed by atoms with Gasteiger partial charge in [-0.1, -0.05) is 0 Å². The summed E-state index contributed by atoms with van der Waals surface area (Å²) < 4.78 is 0. The van der Waals surface area contributed by atoms with E-state index in [4.69, 9.17) is 0 Å². The number of aldehydes is 1. The molecule has 0 spiro atoms. The lowest BCUT2D eigenvalue weighted by Gasteiger charge is -2.09. The summed E-state index contributed by atoms with van der Waals surface area (Å²) in [6, 6.07) is 0. The van der Waals surface area contributed by atoms with Crippen LogP contribution < -0.4 is 0 Å². The summed E-state index contributed by atoms with van der Waals surface area (Å²) in [5.41, 5.74) is 2.23. The molecule has 1 aromatic rings. The molecule has 58 valence electrons. The van der Waals surface area contributed by atoms with Gasteiger partial charge in [0.05, 0.1) is 0 Å². The second-order valence-corrected chi connectivity index (χ2v) is 4.58. The highest BCUT2D eigenvalue weighted by Crippen LogP contribution is 2.31. The van der Waals surface area contributed by atoms with Crippen LogP contribution in [0, 0.1) is 0 Å². The highest BCUT2D eigenvalue weighted by Gasteiger charge is 2.14. The normalized spacial score (nSPS) is 16.0. The number of hydrogen-bond acceptors (Lipinski definition) is 3. The molecule has 0 N–H and O–H groups in total. The van der Waals surface area contributed by atoms with E-state index in [1.54, 1.807) is 11.3 Å². The molecule has 0 aliphatic carbocycles. The van der Waals surface area contributed by atoms with Crippen LogP contribution >= 0.6 is 23.1 Å². The van der Waals surface area contributed by atoms with Gasteiger partial charge < -0.3 is 0 Å². The zero-order valence-corrected chi connectivity index (χ0v) is 7.63.